The fourth-order valence-corrected chi connectivity index (χ4v) is 2.98. The van der Waals surface area contributed by atoms with E-state index in [1.165, 1.54) is 12.1 Å². The number of hydrogen-bond acceptors (Lipinski definition) is 4. The van der Waals surface area contributed by atoms with Crippen LogP contribution >= 0.6 is 10.7 Å². The Kier molecular flexibility index (Phi) is 3.62. The second-order valence-corrected chi connectivity index (χ2v) is 5.63. The Labute approximate surface area is 112 Å². The van der Waals surface area contributed by atoms with Crippen LogP contribution in [0.4, 0.5) is 0 Å². The molecule has 18 heavy (non-hydrogen) atoms. The molecule has 1 amide bonds. The number of nitrogens with zero attached hydrogens (tertiary/aromatic N) is 1. The molecule has 8 heteroatoms. The van der Waals surface area contributed by atoms with E-state index < -0.39 is 22.1 Å². The molecule has 94 valence electrons. The SMILES string of the molecule is [B]C(O)(O)N1CCc2c(cccc2[S+]([O-])Cl)C1=O. The van der Waals surface area contributed by atoms with Gasteiger partial charge in [0, 0.05) is 17.7 Å². The maximum absolute atomic E-state index is 12.0. The molecule has 1 atom stereocenters. The van der Waals surface area contributed by atoms with E-state index in [2.05, 4.69) is 0 Å². The van der Waals surface area contributed by atoms with E-state index in [1.54, 1.807) is 6.07 Å². The highest BCUT2D eigenvalue weighted by molar-refractivity contribution is 8.13. The maximum atomic E-state index is 12.0. The van der Waals surface area contributed by atoms with Crippen molar-refractivity contribution >= 4 is 34.8 Å². The molecule has 2 N–H and O–H groups in total. The fraction of sp³-hybridized carbons (Fsp3) is 0.300. The minimum absolute atomic E-state index is 0.0143. The Morgan fingerprint density at radius 1 is 1.50 bits per heavy atom. The molecule has 0 saturated carbocycles. The molecule has 0 saturated heterocycles. The molecule has 0 spiro atoms. The number of halogens is 1. The highest BCUT2D eigenvalue weighted by atomic mass is 35.7. The van der Waals surface area contributed by atoms with Crippen LogP contribution in [0.5, 0.6) is 0 Å². The van der Waals surface area contributed by atoms with Crippen LogP contribution < -0.4 is 0 Å². The van der Waals surface area contributed by atoms with Gasteiger partial charge in [0.25, 0.3) is 5.91 Å². The minimum atomic E-state index is -2.70. The van der Waals surface area contributed by atoms with Gasteiger partial charge in [0.05, 0.1) is 0 Å². The van der Waals surface area contributed by atoms with Gasteiger partial charge in [-0.2, -0.15) is 0 Å². The van der Waals surface area contributed by atoms with Crippen LogP contribution in [-0.4, -0.2) is 45.8 Å². The quantitative estimate of drug-likeness (QED) is 0.444. The van der Waals surface area contributed by atoms with Gasteiger partial charge in [-0.3, -0.25) is 9.69 Å². The summed E-state index contributed by atoms with van der Waals surface area (Å²) in [5, 5.41) is 18.5. The lowest BCUT2D eigenvalue weighted by molar-refractivity contribution is -0.178. The van der Waals surface area contributed by atoms with E-state index in [9.17, 15) is 19.6 Å². The Morgan fingerprint density at radius 2 is 2.17 bits per heavy atom. The highest BCUT2D eigenvalue weighted by Gasteiger charge is 2.36. The molecule has 0 bridgehead atoms. The number of carbonyl (C=O) groups excluding carboxylic acids is 1. The Bertz CT molecular complexity index is 491. The molecule has 1 aromatic rings. The summed E-state index contributed by atoms with van der Waals surface area (Å²) >= 11 is 0. The van der Waals surface area contributed by atoms with Gasteiger partial charge in [-0.15, -0.1) is 0 Å². The summed E-state index contributed by atoms with van der Waals surface area (Å²) in [5.74, 6) is -3.34. The Hall–Kier alpha value is -0.725. The van der Waals surface area contributed by atoms with Crippen LogP contribution in [-0.2, 0) is 16.8 Å². The third-order valence-electron chi connectivity index (χ3n) is 2.76. The first-order chi connectivity index (χ1) is 8.32. The number of amides is 1. The van der Waals surface area contributed by atoms with Crippen molar-refractivity contribution in [1.82, 2.24) is 4.90 Å². The molecule has 0 aliphatic carbocycles. The first-order valence-corrected chi connectivity index (χ1v) is 7.05. The lowest BCUT2D eigenvalue weighted by Gasteiger charge is -2.36. The van der Waals surface area contributed by atoms with E-state index in [1.807, 2.05) is 0 Å². The standard InChI is InChI=1S/C10H9BClNO4S/c11-10(15,16)13-5-4-6-7(9(13)14)2-1-3-8(6)18(12)17/h1-3,15-16H,4-5H2. The topological polar surface area (TPSA) is 83.8 Å². The van der Waals surface area contributed by atoms with Gasteiger partial charge in [-0.1, -0.05) is 6.07 Å². The summed E-state index contributed by atoms with van der Waals surface area (Å²) in [4.78, 5) is 13.1. The molecule has 1 aromatic carbocycles. The summed E-state index contributed by atoms with van der Waals surface area (Å²) in [5.41, 5.74) is 0.780. The van der Waals surface area contributed by atoms with E-state index in [0.29, 0.717) is 16.9 Å². The molecule has 0 fully saturated rings. The number of rotatable bonds is 2. The second kappa shape index (κ2) is 4.75. The van der Waals surface area contributed by atoms with E-state index in [0.717, 1.165) is 4.90 Å². The predicted octanol–water partition coefficient (Wildman–Crippen LogP) is -0.289. The summed E-state index contributed by atoms with van der Waals surface area (Å²) in [6.45, 7) is 0.0143. The lowest BCUT2D eigenvalue weighted by atomic mass is 9.94. The predicted molar refractivity (Wildman–Crippen MR) is 66.4 cm³/mol. The van der Waals surface area contributed by atoms with Crippen molar-refractivity contribution in [1.29, 1.82) is 0 Å². The monoisotopic (exact) mass is 285 g/mol. The van der Waals surface area contributed by atoms with Crippen molar-refractivity contribution in [3.8, 4) is 0 Å². The molecule has 0 aromatic heterocycles. The molecule has 5 nitrogen and oxygen atoms in total. The van der Waals surface area contributed by atoms with Crippen LogP contribution in [0.25, 0.3) is 0 Å². The van der Waals surface area contributed by atoms with Gasteiger partial charge in [0.1, 0.15) is 10.4 Å². The zero-order valence-electron chi connectivity index (χ0n) is 9.17. The second-order valence-electron chi connectivity index (χ2n) is 3.90. The van der Waals surface area contributed by atoms with Gasteiger partial charge in [0.2, 0.25) is 0 Å². The summed E-state index contributed by atoms with van der Waals surface area (Å²) in [7, 11) is 8.90. The van der Waals surface area contributed by atoms with Crippen LogP contribution in [0.3, 0.4) is 0 Å². The van der Waals surface area contributed by atoms with E-state index in [4.69, 9.17) is 18.5 Å². The molecule has 1 aliphatic rings. The van der Waals surface area contributed by atoms with Crippen LogP contribution in [0, 0.1) is 0 Å². The molecular weight excluding hydrogens is 276 g/mol. The van der Waals surface area contributed by atoms with Gasteiger partial charge in [-0.05, 0) is 18.6 Å². The smallest absolute Gasteiger partial charge is 0.257 e. The summed E-state index contributed by atoms with van der Waals surface area (Å²) < 4.78 is 11.3. The third-order valence-corrected chi connectivity index (χ3v) is 3.99. The van der Waals surface area contributed by atoms with E-state index in [-0.39, 0.29) is 12.1 Å². The summed E-state index contributed by atoms with van der Waals surface area (Å²) in [6, 6.07) is 4.60. The van der Waals surface area contributed by atoms with Gasteiger partial charge >= 0.3 is 0 Å². The van der Waals surface area contributed by atoms with Crippen molar-refractivity contribution in [2.24, 2.45) is 0 Å². The third kappa shape index (κ3) is 2.37. The number of benzene rings is 1. The Morgan fingerprint density at radius 3 is 2.72 bits per heavy atom. The van der Waals surface area contributed by atoms with Gasteiger partial charge < -0.3 is 14.8 Å². The van der Waals surface area contributed by atoms with Crippen LogP contribution in [0.2, 0.25) is 0 Å². The first kappa shape index (κ1) is 13.7. The number of fused-ring (bicyclic) bond motifs is 1. The molecule has 1 aliphatic heterocycles. The fourth-order valence-electron chi connectivity index (χ4n) is 1.96. The first-order valence-electron chi connectivity index (χ1n) is 5.08. The zero-order chi connectivity index (χ0) is 13.5. The molecule has 1 unspecified atom stereocenters. The maximum Gasteiger partial charge on any atom is 0.257 e. The van der Waals surface area contributed by atoms with E-state index >= 15 is 0 Å². The van der Waals surface area contributed by atoms with Crippen molar-refractivity contribution in [2.45, 2.75) is 17.1 Å². The zero-order valence-corrected chi connectivity index (χ0v) is 10.7. The molecular formula is C10H9BClNO4S. The van der Waals surface area contributed by atoms with Crippen molar-refractivity contribution in [3.63, 3.8) is 0 Å². The van der Waals surface area contributed by atoms with Crippen LogP contribution in [0.1, 0.15) is 15.9 Å². The average molecular weight is 286 g/mol. The summed E-state index contributed by atoms with van der Waals surface area (Å²) in [6.07, 6.45) is 0.301. The number of aliphatic hydroxyl groups is 2. The van der Waals surface area contributed by atoms with Gasteiger partial charge in [0.15, 0.2) is 29.2 Å². The molecule has 1 heterocycles. The average Bonchev–Trinajstić information content (AvgIpc) is 2.27. The Balaban J connectivity index is 2.46. The van der Waals surface area contributed by atoms with Crippen LogP contribution in [0.15, 0.2) is 23.1 Å². The molecule has 2 radical (unpaired) electrons. The normalized spacial score (nSPS) is 17.6. The van der Waals surface area contributed by atoms with Crippen molar-refractivity contribution in [2.75, 3.05) is 6.54 Å². The molecule has 2 rings (SSSR count). The largest absolute Gasteiger partial charge is 0.594 e. The number of hydrogen-bond donors (Lipinski definition) is 2. The minimum Gasteiger partial charge on any atom is -0.594 e. The van der Waals surface area contributed by atoms with Crippen molar-refractivity contribution < 1.29 is 19.6 Å². The number of carbonyl (C=O) groups is 1. The van der Waals surface area contributed by atoms with Crippen molar-refractivity contribution in [3.05, 3.63) is 29.3 Å². The van der Waals surface area contributed by atoms with Gasteiger partial charge in [-0.25, -0.2) is 0 Å². The highest BCUT2D eigenvalue weighted by Crippen LogP contribution is 2.29. The lowest BCUT2D eigenvalue weighted by Crippen LogP contribution is -2.55.